The topological polar surface area (TPSA) is 42.7 Å². The number of carbonyl (C=O) groups is 1. The maximum Gasteiger partial charge on any atom is 0.335 e. The fourth-order valence-electron chi connectivity index (χ4n) is 0.670. The number of ether oxygens (including phenoxy) is 1. The van der Waals surface area contributed by atoms with Crippen molar-refractivity contribution in [3.05, 3.63) is 11.5 Å². The molecule has 0 spiro atoms. The lowest BCUT2D eigenvalue weighted by atomic mass is 10.1. The van der Waals surface area contributed by atoms with Gasteiger partial charge in [-0.3, -0.25) is 0 Å². The average Bonchev–Trinajstić information content (AvgIpc) is 1.98. The summed E-state index contributed by atoms with van der Waals surface area (Å²) >= 11 is 0. The van der Waals surface area contributed by atoms with Crippen LogP contribution in [0, 0.1) is 12.5 Å². The molecule has 1 atom stereocenters. The molecule has 0 fully saturated rings. The van der Waals surface area contributed by atoms with Crippen LogP contribution in [0.4, 0.5) is 0 Å². The monoisotopic (exact) mass is 156 g/mol. The first kappa shape index (κ1) is 9.76. The van der Waals surface area contributed by atoms with E-state index in [-0.39, 0.29) is 5.92 Å². The van der Waals surface area contributed by atoms with Crippen LogP contribution >= 0.6 is 0 Å². The standard InChI is InChI=1S/C7H12N2O2/c1-5(2)6(9-8-3)7(10)11-4/h5-6,9H,1-2,4H3/t6-/m0/s1. The van der Waals surface area contributed by atoms with E-state index in [2.05, 4.69) is 15.1 Å². The van der Waals surface area contributed by atoms with E-state index in [1.807, 2.05) is 13.8 Å². The SMILES string of the molecule is [C-]#[N+]N[C@H](C(=O)OC)C(C)C. The first-order valence-electron chi connectivity index (χ1n) is 3.33. The number of esters is 1. The van der Waals surface area contributed by atoms with Crippen LogP contribution in [0.25, 0.3) is 4.95 Å². The molecular weight excluding hydrogens is 144 g/mol. The molecule has 0 aromatic rings. The molecule has 0 aliphatic rings. The lowest BCUT2D eigenvalue weighted by molar-refractivity contribution is -0.144. The fourth-order valence-corrected chi connectivity index (χ4v) is 0.670. The molecule has 11 heavy (non-hydrogen) atoms. The minimum Gasteiger partial charge on any atom is -0.467 e. The van der Waals surface area contributed by atoms with E-state index >= 15 is 0 Å². The van der Waals surface area contributed by atoms with Crippen molar-refractivity contribution in [1.82, 2.24) is 5.43 Å². The Hall–Kier alpha value is -1.24. The Kier molecular flexibility index (Phi) is 4.04. The summed E-state index contributed by atoms with van der Waals surface area (Å²) in [7, 11) is 1.31. The summed E-state index contributed by atoms with van der Waals surface area (Å²) in [5.74, 6) is -0.326. The van der Waals surface area contributed by atoms with Crippen molar-refractivity contribution in [3.8, 4) is 0 Å². The molecule has 4 heteroatoms. The Morgan fingerprint density at radius 3 is 2.45 bits per heavy atom. The summed E-state index contributed by atoms with van der Waals surface area (Å²) in [6.45, 7) is 10.2. The van der Waals surface area contributed by atoms with Crippen molar-refractivity contribution in [1.29, 1.82) is 0 Å². The highest BCUT2D eigenvalue weighted by Gasteiger charge is 2.24. The van der Waals surface area contributed by atoms with E-state index in [4.69, 9.17) is 6.57 Å². The second-order valence-electron chi connectivity index (χ2n) is 2.49. The van der Waals surface area contributed by atoms with Crippen molar-refractivity contribution in [3.63, 3.8) is 0 Å². The van der Waals surface area contributed by atoms with Crippen molar-refractivity contribution in [2.75, 3.05) is 7.11 Å². The molecule has 4 nitrogen and oxygen atoms in total. The molecule has 0 aromatic carbocycles. The molecule has 0 aliphatic heterocycles. The highest BCUT2D eigenvalue weighted by atomic mass is 16.5. The van der Waals surface area contributed by atoms with E-state index in [1.165, 1.54) is 7.11 Å². The Bertz CT molecular complexity index is 172. The second kappa shape index (κ2) is 4.56. The van der Waals surface area contributed by atoms with Crippen molar-refractivity contribution in [2.45, 2.75) is 19.9 Å². The van der Waals surface area contributed by atoms with Crippen LogP contribution in [0.15, 0.2) is 0 Å². The molecule has 0 saturated carbocycles. The van der Waals surface area contributed by atoms with Crippen LogP contribution in [0.2, 0.25) is 0 Å². The zero-order valence-electron chi connectivity index (χ0n) is 6.92. The summed E-state index contributed by atoms with van der Waals surface area (Å²) < 4.78 is 4.48. The van der Waals surface area contributed by atoms with Crippen LogP contribution in [-0.2, 0) is 9.53 Å². The lowest BCUT2D eigenvalue weighted by Crippen LogP contribution is -2.37. The van der Waals surface area contributed by atoms with Gasteiger partial charge in [0.15, 0.2) is 6.04 Å². The fraction of sp³-hybridized carbons (Fsp3) is 0.714. The largest absolute Gasteiger partial charge is 0.467 e. The summed E-state index contributed by atoms with van der Waals surface area (Å²) in [5, 5.41) is 0. The minimum absolute atomic E-state index is 0.0662. The summed E-state index contributed by atoms with van der Waals surface area (Å²) in [5.41, 5.74) is 2.35. The molecule has 62 valence electrons. The molecule has 0 aromatic heterocycles. The molecule has 0 unspecified atom stereocenters. The van der Waals surface area contributed by atoms with Crippen molar-refractivity contribution < 1.29 is 9.53 Å². The first-order valence-corrected chi connectivity index (χ1v) is 3.33. The van der Waals surface area contributed by atoms with Gasteiger partial charge in [0.25, 0.3) is 0 Å². The van der Waals surface area contributed by atoms with Crippen molar-refractivity contribution >= 4 is 5.97 Å². The third-order valence-corrected chi connectivity index (χ3v) is 1.33. The number of hydrogen-bond acceptors (Lipinski definition) is 3. The molecule has 0 bridgehead atoms. The summed E-state index contributed by atoms with van der Waals surface area (Å²) in [4.78, 5) is 13.8. The highest BCUT2D eigenvalue weighted by molar-refractivity contribution is 5.75. The van der Waals surface area contributed by atoms with Gasteiger partial charge in [0.05, 0.1) is 7.11 Å². The molecule has 0 rings (SSSR count). The Labute approximate surface area is 66.3 Å². The van der Waals surface area contributed by atoms with Gasteiger partial charge in [-0.2, -0.15) is 11.5 Å². The molecule has 0 saturated heterocycles. The Balaban J connectivity index is 4.12. The van der Waals surface area contributed by atoms with Gasteiger partial charge in [-0.15, -0.1) is 5.43 Å². The maximum absolute atomic E-state index is 10.9. The lowest BCUT2D eigenvalue weighted by Gasteiger charge is -2.12. The summed E-state index contributed by atoms with van der Waals surface area (Å²) in [6, 6.07) is -0.516. The average molecular weight is 156 g/mol. The van der Waals surface area contributed by atoms with Crippen LogP contribution in [0.5, 0.6) is 0 Å². The van der Waals surface area contributed by atoms with Gasteiger partial charge in [-0.25, -0.2) is 4.79 Å². The number of hydrogen-bond donors (Lipinski definition) is 1. The second-order valence-corrected chi connectivity index (χ2v) is 2.49. The van der Waals surface area contributed by atoms with Crippen LogP contribution in [0.1, 0.15) is 13.8 Å². The van der Waals surface area contributed by atoms with Gasteiger partial charge < -0.3 is 4.74 Å². The molecule has 1 N–H and O–H groups in total. The Morgan fingerprint density at radius 1 is 1.64 bits per heavy atom. The van der Waals surface area contributed by atoms with E-state index in [0.717, 1.165) is 0 Å². The van der Waals surface area contributed by atoms with Gasteiger partial charge in [0.1, 0.15) is 0 Å². The molecule has 0 heterocycles. The highest BCUT2D eigenvalue weighted by Crippen LogP contribution is 2.02. The van der Waals surface area contributed by atoms with Crippen LogP contribution < -0.4 is 5.43 Å². The van der Waals surface area contributed by atoms with Crippen LogP contribution in [-0.4, -0.2) is 19.1 Å². The third kappa shape index (κ3) is 2.89. The zero-order chi connectivity index (χ0) is 8.85. The van der Waals surface area contributed by atoms with Crippen molar-refractivity contribution in [2.24, 2.45) is 5.92 Å². The Morgan fingerprint density at radius 2 is 2.18 bits per heavy atom. The van der Waals surface area contributed by atoms with Gasteiger partial charge >= 0.3 is 5.97 Å². The third-order valence-electron chi connectivity index (χ3n) is 1.33. The van der Waals surface area contributed by atoms with Gasteiger partial charge in [0.2, 0.25) is 0 Å². The number of carbonyl (C=O) groups excluding carboxylic acids is 1. The molecule has 0 aliphatic carbocycles. The van der Waals surface area contributed by atoms with Crippen LogP contribution in [0.3, 0.4) is 0 Å². The molecule has 0 radical (unpaired) electrons. The number of methoxy groups -OCH3 is 1. The van der Waals surface area contributed by atoms with Gasteiger partial charge in [0, 0.05) is 0 Å². The minimum atomic E-state index is -0.516. The van der Waals surface area contributed by atoms with E-state index in [1.54, 1.807) is 0 Å². The number of nitrogens with zero attached hydrogens (tertiary/aromatic N) is 1. The predicted molar refractivity (Wildman–Crippen MR) is 40.4 cm³/mol. The van der Waals surface area contributed by atoms with E-state index in [0.29, 0.717) is 0 Å². The van der Waals surface area contributed by atoms with Gasteiger partial charge in [-0.05, 0) is 5.92 Å². The quantitative estimate of drug-likeness (QED) is 0.370. The predicted octanol–water partition coefficient (Wildman–Crippen LogP) is 0.608. The first-order chi connectivity index (χ1) is 5.13. The van der Waals surface area contributed by atoms with E-state index < -0.39 is 12.0 Å². The zero-order valence-corrected chi connectivity index (χ0v) is 6.92. The summed E-state index contributed by atoms with van der Waals surface area (Å²) in [6.07, 6.45) is 0. The normalized spacial score (nSPS) is 11.9. The smallest absolute Gasteiger partial charge is 0.335 e. The maximum atomic E-state index is 10.9. The van der Waals surface area contributed by atoms with E-state index in [9.17, 15) is 4.79 Å². The van der Waals surface area contributed by atoms with Gasteiger partial charge in [-0.1, -0.05) is 13.8 Å². The number of nitrogens with one attached hydrogen (secondary N) is 1. The molecular formula is C7H12N2O2. The number of rotatable bonds is 3. The molecule has 0 amide bonds.